The lowest BCUT2D eigenvalue weighted by Crippen LogP contribution is -2.10. The predicted molar refractivity (Wildman–Crippen MR) is 117 cm³/mol. The van der Waals surface area contributed by atoms with E-state index in [0.717, 1.165) is 27.2 Å². The fraction of sp³-hybridized carbons (Fsp3) is 0.318. The van der Waals surface area contributed by atoms with Crippen LogP contribution < -0.4 is 9.47 Å². The minimum Gasteiger partial charge on any atom is -0.494 e. The number of aromatic nitrogens is 2. The summed E-state index contributed by atoms with van der Waals surface area (Å²) in [6.45, 7) is 4.56. The molecule has 4 rings (SSSR count). The van der Waals surface area contributed by atoms with Crippen molar-refractivity contribution in [3.05, 3.63) is 47.8 Å². The Bertz CT molecular complexity index is 1070. The van der Waals surface area contributed by atoms with Crippen LogP contribution in [0.5, 0.6) is 17.4 Å². The summed E-state index contributed by atoms with van der Waals surface area (Å²) in [5.74, 6) is 2.16. The number of Topliss-reactive ketones (excluding diaryl/α,β-unsaturated/α-hetero) is 1. The van der Waals surface area contributed by atoms with Gasteiger partial charge in [-0.25, -0.2) is 4.98 Å². The monoisotopic (exact) mass is 409 g/mol. The van der Waals surface area contributed by atoms with Crippen LogP contribution in [0.4, 0.5) is 0 Å². The van der Waals surface area contributed by atoms with E-state index in [2.05, 4.69) is 15.0 Å². The standard InChI is InChI=1S/C22H23N3O3S/c1-4-15(26)9-17-12-24-22(29-17)18-8-14-7-16(10-19(27-3)21(14)25-18)28-20-6-5-13(2)11-23-20/h5-8,10-11,17,25H,4,9,12H2,1-3H3. The Balaban J connectivity index is 1.58. The number of nitrogens with one attached hydrogen (secondary N) is 1. The number of aromatic amines is 1. The van der Waals surface area contributed by atoms with Gasteiger partial charge in [0.1, 0.15) is 22.3 Å². The van der Waals surface area contributed by atoms with E-state index >= 15 is 0 Å². The number of H-pyrrole nitrogens is 1. The molecular weight excluding hydrogens is 386 g/mol. The molecule has 1 aromatic carbocycles. The third kappa shape index (κ3) is 4.29. The van der Waals surface area contributed by atoms with E-state index in [9.17, 15) is 4.79 Å². The van der Waals surface area contributed by atoms with Gasteiger partial charge >= 0.3 is 0 Å². The van der Waals surface area contributed by atoms with Crippen LogP contribution in [0.2, 0.25) is 0 Å². The Labute approximate surface area is 173 Å². The van der Waals surface area contributed by atoms with Crippen molar-refractivity contribution in [3.8, 4) is 17.4 Å². The van der Waals surface area contributed by atoms with Crippen LogP contribution in [0.3, 0.4) is 0 Å². The first-order valence-corrected chi connectivity index (χ1v) is 10.5. The average Bonchev–Trinajstić information content (AvgIpc) is 3.35. The third-order valence-electron chi connectivity index (χ3n) is 4.79. The number of hydrogen-bond acceptors (Lipinski definition) is 6. The predicted octanol–water partition coefficient (Wildman–Crippen LogP) is 4.90. The first-order valence-electron chi connectivity index (χ1n) is 9.60. The maximum atomic E-state index is 11.7. The van der Waals surface area contributed by atoms with Gasteiger partial charge in [0, 0.05) is 41.8 Å². The number of methoxy groups -OCH3 is 1. The zero-order valence-corrected chi connectivity index (χ0v) is 17.5. The molecule has 0 saturated carbocycles. The van der Waals surface area contributed by atoms with E-state index in [1.807, 2.05) is 44.2 Å². The maximum Gasteiger partial charge on any atom is 0.219 e. The van der Waals surface area contributed by atoms with Crippen molar-refractivity contribution in [2.75, 3.05) is 13.7 Å². The smallest absolute Gasteiger partial charge is 0.219 e. The molecule has 150 valence electrons. The number of aryl methyl sites for hydroxylation is 1. The second-order valence-corrected chi connectivity index (χ2v) is 8.32. The molecule has 3 heterocycles. The van der Waals surface area contributed by atoms with Crippen molar-refractivity contribution in [1.29, 1.82) is 0 Å². The lowest BCUT2D eigenvalue weighted by molar-refractivity contribution is -0.118. The Morgan fingerprint density at radius 2 is 2.17 bits per heavy atom. The molecule has 6 nitrogen and oxygen atoms in total. The minimum absolute atomic E-state index is 0.220. The molecule has 1 atom stereocenters. The quantitative estimate of drug-likeness (QED) is 0.600. The number of ether oxygens (including phenoxy) is 2. The summed E-state index contributed by atoms with van der Waals surface area (Å²) in [7, 11) is 1.64. The molecule has 0 aliphatic carbocycles. The third-order valence-corrected chi connectivity index (χ3v) is 6.01. The lowest BCUT2D eigenvalue weighted by Gasteiger charge is -2.08. The van der Waals surface area contributed by atoms with Gasteiger partial charge in [-0.05, 0) is 24.6 Å². The fourth-order valence-corrected chi connectivity index (χ4v) is 4.35. The van der Waals surface area contributed by atoms with Crippen LogP contribution in [-0.2, 0) is 4.79 Å². The largest absolute Gasteiger partial charge is 0.494 e. The first-order chi connectivity index (χ1) is 14.1. The van der Waals surface area contributed by atoms with Gasteiger partial charge in [-0.2, -0.15) is 0 Å². The molecule has 0 bridgehead atoms. The van der Waals surface area contributed by atoms with Gasteiger partial charge in [0.05, 0.1) is 24.9 Å². The fourth-order valence-electron chi connectivity index (χ4n) is 3.23. The van der Waals surface area contributed by atoms with Crippen molar-refractivity contribution in [1.82, 2.24) is 9.97 Å². The second-order valence-electron chi connectivity index (χ2n) is 7.03. The van der Waals surface area contributed by atoms with E-state index in [4.69, 9.17) is 9.47 Å². The van der Waals surface area contributed by atoms with Crippen LogP contribution in [-0.4, -0.2) is 39.7 Å². The summed E-state index contributed by atoms with van der Waals surface area (Å²) in [4.78, 5) is 24.1. The highest BCUT2D eigenvalue weighted by Gasteiger charge is 2.24. The van der Waals surface area contributed by atoms with Gasteiger partial charge in [-0.3, -0.25) is 9.79 Å². The Morgan fingerprint density at radius 1 is 1.31 bits per heavy atom. The Morgan fingerprint density at radius 3 is 2.90 bits per heavy atom. The number of nitrogens with zero attached hydrogens (tertiary/aromatic N) is 2. The molecule has 1 unspecified atom stereocenters. The lowest BCUT2D eigenvalue weighted by atomic mass is 10.2. The highest BCUT2D eigenvalue weighted by atomic mass is 32.2. The van der Waals surface area contributed by atoms with Crippen molar-refractivity contribution in [2.24, 2.45) is 4.99 Å². The van der Waals surface area contributed by atoms with Crippen LogP contribution in [0.25, 0.3) is 10.9 Å². The van der Waals surface area contributed by atoms with E-state index in [1.165, 1.54) is 0 Å². The van der Waals surface area contributed by atoms with Crippen molar-refractivity contribution in [2.45, 2.75) is 31.9 Å². The van der Waals surface area contributed by atoms with Crippen LogP contribution in [0.1, 0.15) is 31.0 Å². The number of rotatable bonds is 7. The number of pyridine rings is 1. The Hall–Kier alpha value is -2.80. The molecule has 2 aromatic heterocycles. The van der Waals surface area contributed by atoms with Gasteiger partial charge in [0.2, 0.25) is 5.88 Å². The molecule has 0 saturated heterocycles. The number of carbonyl (C=O) groups is 1. The number of thioether (sulfide) groups is 1. The summed E-state index contributed by atoms with van der Waals surface area (Å²) in [5.41, 5.74) is 2.90. The second kappa shape index (κ2) is 8.29. The topological polar surface area (TPSA) is 76.6 Å². The summed E-state index contributed by atoms with van der Waals surface area (Å²) in [5, 5.41) is 2.12. The summed E-state index contributed by atoms with van der Waals surface area (Å²) < 4.78 is 11.5. The number of carbonyl (C=O) groups excluding carboxylic acids is 1. The van der Waals surface area contributed by atoms with Gasteiger partial charge in [0.25, 0.3) is 0 Å². The van der Waals surface area contributed by atoms with Crippen LogP contribution in [0, 0.1) is 6.92 Å². The molecule has 1 aliphatic rings. The number of fused-ring (bicyclic) bond motifs is 1. The average molecular weight is 410 g/mol. The molecule has 1 N–H and O–H groups in total. The minimum atomic E-state index is 0.220. The molecule has 0 fully saturated rings. The Kier molecular flexibility index (Phi) is 5.58. The number of ketones is 1. The highest BCUT2D eigenvalue weighted by Crippen LogP contribution is 2.35. The highest BCUT2D eigenvalue weighted by molar-refractivity contribution is 8.15. The van der Waals surface area contributed by atoms with Crippen molar-refractivity contribution in [3.63, 3.8) is 0 Å². The maximum absolute atomic E-state index is 11.7. The summed E-state index contributed by atoms with van der Waals surface area (Å²) in [6.07, 6.45) is 2.92. The molecular formula is C22H23N3O3S. The zero-order valence-electron chi connectivity index (χ0n) is 16.7. The molecule has 7 heteroatoms. The van der Waals surface area contributed by atoms with Gasteiger partial charge in [-0.15, -0.1) is 0 Å². The first kappa shape index (κ1) is 19.5. The molecule has 0 radical (unpaired) electrons. The van der Waals surface area contributed by atoms with E-state index in [0.29, 0.717) is 36.8 Å². The number of benzene rings is 1. The SMILES string of the molecule is CCC(=O)CC1CN=C(c2cc3cc(Oc4ccc(C)cn4)cc(OC)c3[nH]2)S1. The molecule has 0 spiro atoms. The molecule has 0 amide bonds. The van der Waals surface area contributed by atoms with E-state index in [-0.39, 0.29) is 11.0 Å². The van der Waals surface area contributed by atoms with Gasteiger partial charge in [-0.1, -0.05) is 24.8 Å². The number of aliphatic imine (C=N–C) groups is 1. The van der Waals surface area contributed by atoms with Gasteiger partial charge < -0.3 is 14.5 Å². The normalized spacial score (nSPS) is 16.1. The van der Waals surface area contributed by atoms with Crippen LogP contribution >= 0.6 is 11.8 Å². The molecule has 29 heavy (non-hydrogen) atoms. The summed E-state index contributed by atoms with van der Waals surface area (Å²) >= 11 is 1.66. The van der Waals surface area contributed by atoms with Crippen molar-refractivity contribution < 1.29 is 14.3 Å². The van der Waals surface area contributed by atoms with E-state index < -0.39 is 0 Å². The van der Waals surface area contributed by atoms with E-state index in [1.54, 1.807) is 25.1 Å². The van der Waals surface area contributed by atoms with Gasteiger partial charge in [0.15, 0.2) is 0 Å². The number of hydrogen-bond donors (Lipinski definition) is 1. The molecule has 1 aliphatic heterocycles. The summed E-state index contributed by atoms with van der Waals surface area (Å²) in [6, 6.07) is 9.65. The molecule has 3 aromatic rings. The zero-order chi connectivity index (χ0) is 20.4. The van der Waals surface area contributed by atoms with Crippen LogP contribution in [0.15, 0.2) is 41.5 Å². The van der Waals surface area contributed by atoms with Crippen molar-refractivity contribution >= 4 is 33.5 Å².